The van der Waals surface area contributed by atoms with Crippen LogP contribution in [0.25, 0.3) is 0 Å². The van der Waals surface area contributed by atoms with Gasteiger partial charge in [-0.1, -0.05) is 37.0 Å². The Bertz CT molecular complexity index is 1180. The average molecular weight is 558 g/mol. The summed E-state index contributed by atoms with van der Waals surface area (Å²) in [6.45, 7) is 8.32. The normalized spacial score (nSPS) is 16.9. The van der Waals surface area contributed by atoms with Crippen molar-refractivity contribution < 1.29 is 22.7 Å². The summed E-state index contributed by atoms with van der Waals surface area (Å²) in [5, 5.41) is 2.86. The molecule has 0 saturated carbocycles. The predicted molar refractivity (Wildman–Crippen MR) is 145 cm³/mol. The van der Waals surface area contributed by atoms with Gasteiger partial charge in [-0.05, 0) is 68.9 Å². The summed E-state index contributed by atoms with van der Waals surface area (Å²) in [6.07, 6.45) is 1.74. The lowest BCUT2D eigenvalue weighted by molar-refractivity contribution is -0.117. The molecular weight excluding hydrogens is 523 g/mol. The zero-order valence-electron chi connectivity index (χ0n) is 21.3. The van der Waals surface area contributed by atoms with E-state index in [0.717, 1.165) is 24.2 Å². The Balaban J connectivity index is 1.67. The van der Waals surface area contributed by atoms with Gasteiger partial charge in [0, 0.05) is 30.8 Å². The number of carbonyl (C=O) groups excluding carboxylic acids is 1. The average Bonchev–Trinajstić information content (AvgIpc) is 2.81. The van der Waals surface area contributed by atoms with Crippen molar-refractivity contribution in [1.29, 1.82) is 0 Å². The molecule has 1 atom stereocenters. The number of hydrogen-bond donors (Lipinski definition) is 1. The molecule has 2 aromatic rings. The topological polar surface area (TPSA) is 84.9 Å². The Hall–Kier alpha value is -2.00. The van der Waals surface area contributed by atoms with E-state index in [9.17, 15) is 13.2 Å². The van der Waals surface area contributed by atoms with Crippen molar-refractivity contribution in [2.75, 3.05) is 25.5 Å². The highest BCUT2D eigenvalue weighted by Crippen LogP contribution is 2.40. The maximum absolute atomic E-state index is 12.7. The van der Waals surface area contributed by atoms with Crippen LogP contribution in [-0.4, -0.2) is 44.1 Å². The zero-order valence-corrected chi connectivity index (χ0v) is 23.6. The predicted octanol–water partition coefficient (Wildman–Crippen LogP) is 6.70. The Morgan fingerprint density at radius 3 is 2.39 bits per heavy atom. The molecule has 36 heavy (non-hydrogen) atoms. The van der Waals surface area contributed by atoms with Crippen molar-refractivity contribution in [1.82, 2.24) is 4.31 Å². The van der Waals surface area contributed by atoms with Crippen molar-refractivity contribution in [3.63, 3.8) is 0 Å². The standard InChI is InChI=1S/C26H34Cl2N2O5S/c1-16(2)21-14-20(8-9-24(21)34-5)35-26-22(27)12-19(13-23(26)28)29-25(31)11-18-7-6-10-30(15-18)36(32,33)17(3)4/h8-9,12-14,16-18H,6-7,10-11,15H2,1-5H3,(H,29,31). The summed E-state index contributed by atoms with van der Waals surface area (Å²) in [7, 11) is -1.71. The summed E-state index contributed by atoms with van der Waals surface area (Å²) in [6, 6.07) is 8.67. The highest BCUT2D eigenvalue weighted by Gasteiger charge is 2.31. The monoisotopic (exact) mass is 556 g/mol. The van der Waals surface area contributed by atoms with Crippen LogP contribution in [0.2, 0.25) is 10.0 Å². The largest absolute Gasteiger partial charge is 0.496 e. The lowest BCUT2D eigenvalue weighted by Gasteiger charge is -2.32. The van der Waals surface area contributed by atoms with Crippen LogP contribution in [0.15, 0.2) is 30.3 Å². The fraction of sp³-hybridized carbons (Fsp3) is 0.500. The van der Waals surface area contributed by atoms with Crippen LogP contribution in [0.1, 0.15) is 58.4 Å². The first-order chi connectivity index (χ1) is 16.9. The second kappa shape index (κ2) is 12.0. The second-order valence-electron chi connectivity index (χ2n) is 9.64. The fourth-order valence-corrected chi connectivity index (χ4v) is 6.23. The van der Waals surface area contributed by atoms with Crippen molar-refractivity contribution in [2.24, 2.45) is 5.92 Å². The molecule has 0 spiro atoms. The van der Waals surface area contributed by atoms with Gasteiger partial charge < -0.3 is 14.8 Å². The summed E-state index contributed by atoms with van der Waals surface area (Å²) in [5.74, 6) is 1.59. The molecule has 1 amide bonds. The van der Waals surface area contributed by atoms with Crippen LogP contribution in [0.3, 0.4) is 0 Å². The molecule has 198 valence electrons. The number of carbonyl (C=O) groups is 1. The smallest absolute Gasteiger partial charge is 0.224 e. The minimum atomic E-state index is -3.34. The highest BCUT2D eigenvalue weighted by atomic mass is 35.5. The van der Waals surface area contributed by atoms with Gasteiger partial charge in [0.1, 0.15) is 11.5 Å². The molecule has 1 heterocycles. The van der Waals surface area contributed by atoms with E-state index < -0.39 is 15.3 Å². The summed E-state index contributed by atoms with van der Waals surface area (Å²) < 4.78 is 37.9. The number of nitrogens with one attached hydrogen (secondary N) is 1. The number of amides is 1. The number of anilines is 1. The maximum Gasteiger partial charge on any atom is 0.224 e. The Morgan fingerprint density at radius 2 is 1.81 bits per heavy atom. The molecular formula is C26H34Cl2N2O5S. The lowest BCUT2D eigenvalue weighted by Crippen LogP contribution is -2.43. The van der Waals surface area contributed by atoms with Gasteiger partial charge in [0.05, 0.1) is 22.4 Å². The minimum absolute atomic E-state index is 0.0500. The molecule has 1 aliphatic heterocycles. The van der Waals surface area contributed by atoms with Gasteiger partial charge in [-0.15, -0.1) is 0 Å². The highest BCUT2D eigenvalue weighted by molar-refractivity contribution is 7.89. The minimum Gasteiger partial charge on any atom is -0.496 e. The molecule has 1 N–H and O–H groups in total. The Kier molecular flexibility index (Phi) is 9.55. The van der Waals surface area contributed by atoms with E-state index in [1.165, 1.54) is 4.31 Å². The van der Waals surface area contributed by atoms with E-state index in [0.29, 0.717) is 24.5 Å². The van der Waals surface area contributed by atoms with E-state index >= 15 is 0 Å². The number of ether oxygens (including phenoxy) is 2. The molecule has 0 bridgehead atoms. The van der Waals surface area contributed by atoms with E-state index in [2.05, 4.69) is 19.2 Å². The number of rotatable bonds is 9. The number of hydrogen-bond acceptors (Lipinski definition) is 5. The number of halogens is 2. The van der Waals surface area contributed by atoms with Gasteiger partial charge >= 0.3 is 0 Å². The van der Waals surface area contributed by atoms with Crippen molar-refractivity contribution >= 4 is 44.8 Å². The number of piperidine rings is 1. The zero-order chi connectivity index (χ0) is 26.6. The molecule has 0 aromatic heterocycles. The first-order valence-electron chi connectivity index (χ1n) is 12.1. The third-order valence-corrected chi connectivity index (χ3v) is 9.04. The quantitative estimate of drug-likeness (QED) is 0.371. The molecule has 7 nitrogen and oxygen atoms in total. The fourth-order valence-electron chi connectivity index (χ4n) is 4.27. The first kappa shape index (κ1) is 28.6. The van der Waals surface area contributed by atoms with Crippen LogP contribution >= 0.6 is 23.2 Å². The number of methoxy groups -OCH3 is 1. The molecule has 1 aliphatic rings. The third-order valence-electron chi connectivity index (χ3n) is 6.24. The molecule has 0 aliphatic carbocycles. The van der Waals surface area contributed by atoms with Gasteiger partial charge in [0.15, 0.2) is 5.75 Å². The number of sulfonamides is 1. The van der Waals surface area contributed by atoms with Gasteiger partial charge in [-0.3, -0.25) is 4.79 Å². The van der Waals surface area contributed by atoms with E-state index in [4.69, 9.17) is 32.7 Å². The van der Waals surface area contributed by atoms with E-state index in [1.807, 2.05) is 12.1 Å². The Labute approximate surface area is 224 Å². The summed E-state index contributed by atoms with van der Waals surface area (Å²) in [5.41, 5.74) is 1.44. The molecule has 1 fully saturated rings. The molecule has 2 aromatic carbocycles. The molecule has 0 radical (unpaired) electrons. The van der Waals surface area contributed by atoms with Crippen molar-refractivity contribution in [2.45, 2.75) is 58.1 Å². The van der Waals surface area contributed by atoms with Crippen molar-refractivity contribution in [3.05, 3.63) is 45.9 Å². The summed E-state index contributed by atoms with van der Waals surface area (Å²) >= 11 is 12.9. The van der Waals surface area contributed by atoms with Crippen LogP contribution in [0, 0.1) is 5.92 Å². The molecule has 3 rings (SSSR count). The maximum atomic E-state index is 12.7. The van der Waals surface area contributed by atoms with E-state index in [-0.39, 0.29) is 40.0 Å². The van der Waals surface area contributed by atoms with Crippen LogP contribution in [-0.2, 0) is 14.8 Å². The van der Waals surface area contributed by atoms with Crippen LogP contribution in [0.5, 0.6) is 17.2 Å². The summed E-state index contributed by atoms with van der Waals surface area (Å²) in [4.78, 5) is 12.7. The van der Waals surface area contributed by atoms with Gasteiger partial charge in [-0.2, -0.15) is 0 Å². The van der Waals surface area contributed by atoms with Crippen LogP contribution < -0.4 is 14.8 Å². The van der Waals surface area contributed by atoms with Gasteiger partial charge in [0.25, 0.3) is 0 Å². The number of nitrogens with zero attached hydrogens (tertiary/aromatic N) is 1. The number of benzene rings is 2. The first-order valence-corrected chi connectivity index (χ1v) is 14.3. The SMILES string of the molecule is COc1ccc(Oc2c(Cl)cc(NC(=O)CC3CCCN(S(=O)(=O)C(C)C)C3)cc2Cl)cc1C(C)C. The van der Waals surface area contributed by atoms with E-state index in [1.54, 1.807) is 39.2 Å². The molecule has 1 saturated heterocycles. The van der Waals surface area contributed by atoms with Crippen molar-refractivity contribution in [3.8, 4) is 17.2 Å². The Morgan fingerprint density at radius 1 is 1.14 bits per heavy atom. The lowest BCUT2D eigenvalue weighted by atomic mass is 9.96. The second-order valence-corrected chi connectivity index (χ2v) is 12.9. The van der Waals surface area contributed by atoms with Crippen LogP contribution in [0.4, 0.5) is 5.69 Å². The van der Waals surface area contributed by atoms with Gasteiger partial charge in [-0.25, -0.2) is 12.7 Å². The third kappa shape index (κ3) is 6.85. The van der Waals surface area contributed by atoms with Gasteiger partial charge in [0.2, 0.25) is 15.9 Å². The molecule has 10 heteroatoms. The molecule has 1 unspecified atom stereocenters.